The van der Waals surface area contributed by atoms with Crippen LogP contribution < -0.4 is 34.7 Å². The van der Waals surface area contributed by atoms with Gasteiger partial charge in [-0.05, 0) is 5.92 Å². The molecule has 0 saturated heterocycles. The molecule has 0 saturated carbocycles. The Bertz CT molecular complexity index is 185. The van der Waals surface area contributed by atoms with E-state index < -0.39 is 10.3 Å². The van der Waals surface area contributed by atoms with Crippen LogP contribution in [0, 0.1) is 5.92 Å². The van der Waals surface area contributed by atoms with Crippen molar-refractivity contribution in [3.8, 4) is 0 Å². The maximum atomic E-state index is 10.2. The van der Waals surface area contributed by atoms with Crippen molar-refractivity contribution in [3.05, 3.63) is 0 Å². The van der Waals surface area contributed by atoms with E-state index in [4.69, 9.17) is 0 Å². The van der Waals surface area contributed by atoms with Gasteiger partial charge >= 0.3 is 39.9 Å². The van der Waals surface area contributed by atoms with E-state index in [2.05, 4.69) is 9.32 Å². The Kier molecular flexibility index (Phi) is 8.37. The summed E-state index contributed by atoms with van der Waals surface area (Å²) < 4.78 is 24.7. The summed E-state index contributed by atoms with van der Waals surface area (Å²) in [6.07, 6.45) is 0.884. The number of hydrogen-bond acceptors (Lipinski definition) is 3. The van der Waals surface area contributed by atoms with Crippen LogP contribution in [-0.4, -0.2) is 15.0 Å². The minimum Gasteiger partial charge on any atom is -1.00 e. The van der Waals surface area contributed by atoms with Crippen LogP contribution in [0.5, 0.6) is 0 Å². The van der Waals surface area contributed by atoms with Crippen LogP contribution in [0.15, 0.2) is 0 Å². The van der Waals surface area contributed by atoms with E-state index in [0.717, 1.165) is 6.42 Å². The molecular formula is C5H14NNaO3S. The van der Waals surface area contributed by atoms with Crippen LogP contribution >= 0.6 is 0 Å². The molecular weight excluding hydrogens is 177 g/mol. The van der Waals surface area contributed by atoms with Crippen molar-refractivity contribution in [1.29, 1.82) is 0 Å². The third kappa shape index (κ3) is 10.9. The molecule has 0 aromatic carbocycles. The summed E-state index contributed by atoms with van der Waals surface area (Å²) in [6, 6.07) is 0. The maximum Gasteiger partial charge on any atom is 1.00 e. The van der Waals surface area contributed by atoms with Gasteiger partial charge < -0.3 is 1.43 Å². The predicted molar refractivity (Wildman–Crippen MR) is 39.6 cm³/mol. The molecule has 11 heavy (non-hydrogen) atoms. The Labute approximate surface area is 91.5 Å². The molecule has 6 heteroatoms. The quantitative estimate of drug-likeness (QED) is 0.494. The van der Waals surface area contributed by atoms with E-state index in [1.807, 2.05) is 13.8 Å². The summed E-state index contributed by atoms with van der Waals surface area (Å²) in [5.74, 6) is 0.235. The summed E-state index contributed by atoms with van der Waals surface area (Å²) in [5, 5.41) is 4.59. The van der Waals surface area contributed by atoms with Gasteiger partial charge in [-0.2, -0.15) is 8.42 Å². The summed E-state index contributed by atoms with van der Waals surface area (Å²) >= 11 is 0. The van der Waals surface area contributed by atoms with Gasteiger partial charge in [0.2, 0.25) is 0 Å². The van der Waals surface area contributed by atoms with Gasteiger partial charge in [0.25, 0.3) is 0 Å². The first-order valence-electron chi connectivity index (χ1n) is 3.13. The van der Waals surface area contributed by atoms with Crippen molar-refractivity contribution in [2.45, 2.75) is 20.3 Å². The van der Waals surface area contributed by atoms with E-state index in [-0.39, 0.29) is 43.5 Å². The normalized spacial score (nSPS) is 13.7. The first-order chi connectivity index (χ1) is 4.45. The Morgan fingerprint density at radius 1 is 1.64 bits per heavy atom. The van der Waals surface area contributed by atoms with Crippen LogP contribution in [0.25, 0.3) is 0 Å². The second-order valence-electron chi connectivity index (χ2n) is 2.29. The molecule has 2 N–H and O–H groups in total. The van der Waals surface area contributed by atoms with Gasteiger partial charge in [0.1, 0.15) is 0 Å². The fourth-order valence-corrected chi connectivity index (χ4v) is 0.751. The molecule has 1 atom stereocenters. The smallest absolute Gasteiger partial charge is 1.00 e. The second kappa shape index (κ2) is 6.39. The van der Waals surface area contributed by atoms with E-state index in [9.17, 15) is 8.42 Å². The first-order valence-corrected chi connectivity index (χ1v) is 4.60. The summed E-state index contributed by atoms with van der Waals surface area (Å²) in [7, 11) is -3.73. The van der Waals surface area contributed by atoms with Crippen LogP contribution in [-0.2, 0) is 14.5 Å². The summed E-state index contributed by atoms with van der Waals surface area (Å²) in [5.41, 5.74) is 0. The minimum absolute atomic E-state index is 0. The molecule has 64 valence electrons. The molecule has 4 nitrogen and oxygen atoms in total. The molecule has 0 radical (unpaired) electrons. The number of nitrogens with two attached hydrogens (primary N) is 1. The van der Waals surface area contributed by atoms with Crippen LogP contribution in [0.3, 0.4) is 0 Å². The molecule has 0 aliphatic heterocycles. The van der Waals surface area contributed by atoms with Gasteiger partial charge in [-0.3, -0.25) is 4.18 Å². The molecule has 1 unspecified atom stereocenters. The third-order valence-electron chi connectivity index (χ3n) is 1.21. The third-order valence-corrected chi connectivity index (χ3v) is 1.68. The van der Waals surface area contributed by atoms with Crippen LogP contribution in [0.4, 0.5) is 0 Å². The number of rotatable bonds is 4. The first kappa shape index (κ1) is 14.4. The zero-order valence-electron chi connectivity index (χ0n) is 8.20. The van der Waals surface area contributed by atoms with Gasteiger partial charge in [0.15, 0.2) is 0 Å². The Morgan fingerprint density at radius 2 is 2.09 bits per heavy atom. The molecule has 0 heterocycles. The van der Waals surface area contributed by atoms with Gasteiger partial charge in [-0.15, -0.1) is 0 Å². The predicted octanol–water partition coefficient (Wildman–Crippen LogP) is -2.63. The van der Waals surface area contributed by atoms with Crippen molar-refractivity contribution in [2.75, 3.05) is 6.61 Å². The van der Waals surface area contributed by atoms with E-state index in [0.29, 0.717) is 0 Å². The average molecular weight is 191 g/mol. The topological polar surface area (TPSA) is 69.4 Å². The standard InChI is InChI=1S/C5H13NO3S.Na.H/c1-3-5(2)4-9-10(6,7)8;;/h5H,3-4H2,1-2H3,(H2,6,7,8);;/q;+1;-1. The van der Waals surface area contributed by atoms with Gasteiger partial charge in [0.05, 0.1) is 6.61 Å². The fourth-order valence-electron chi connectivity index (χ4n) is 0.329. The monoisotopic (exact) mass is 191 g/mol. The second-order valence-corrected chi connectivity index (χ2v) is 3.51. The van der Waals surface area contributed by atoms with E-state index in [1.54, 1.807) is 0 Å². The Hall–Kier alpha value is 0.870. The largest absolute Gasteiger partial charge is 1.00 e. The van der Waals surface area contributed by atoms with Gasteiger partial charge in [-0.1, -0.05) is 20.3 Å². The van der Waals surface area contributed by atoms with Crippen molar-refractivity contribution >= 4 is 10.3 Å². The minimum atomic E-state index is -3.73. The number of hydrogen-bond donors (Lipinski definition) is 1. The molecule has 0 aliphatic carbocycles. The summed E-state index contributed by atoms with van der Waals surface area (Å²) in [4.78, 5) is 0. The fraction of sp³-hybridized carbons (Fsp3) is 1.00. The van der Waals surface area contributed by atoms with Crippen molar-refractivity contribution in [3.63, 3.8) is 0 Å². The van der Waals surface area contributed by atoms with Crippen molar-refractivity contribution in [1.82, 2.24) is 0 Å². The molecule has 0 aromatic rings. The SMILES string of the molecule is CCC(C)COS(N)(=O)=O.[H-].[Na+]. The maximum absolute atomic E-state index is 10.2. The Morgan fingerprint density at radius 3 is 2.36 bits per heavy atom. The molecule has 0 fully saturated rings. The molecule has 0 spiro atoms. The van der Waals surface area contributed by atoms with Crippen molar-refractivity contribution in [2.24, 2.45) is 11.1 Å². The molecule has 0 aliphatic rings. The molecule has 0 amide bonds. The zero-order valence-corrected chi connectivity index (χ0v) is 10.0. The molecule has 0 rings (SSSR count). The zero-order chi connectivity index (χ0) is 8.20. The summed E-state index contributed by atoms with van der Waals surface area (Å²) in [6.45, 7) is 4.03. The average Bonchev–Trinajstić information content (AvgIpc) is 1.81. The van der Waals surface area contributed by atoms with Crippen molar-refractivity contribution < 1.29 is 43.6 Å². The molecule has 0 bridgehead atoms. The van der Waals surface area contributed by atoms with Crippen LogP contribution in [0.2, 0.25) is 0 Å². The van der Waals surface area contributed by atoms with E-state index >= 15 is 0 Å². The van der Waals surface area contributed by atoms with Gasteiger partial charge in [-0.25, -0.2) is 5.14 Å². The molecule has 0 aromatic heterocycles. The Balaban J connectivity index is -0.000000405. The van der Waals surface area contributed by atoms with E-state index in [1.165, 1.54) is 0 Å². The van der Waals surface area contributed by atoms with Gasteiger partial charge in [0, 0.05) is 0 Å². The van der Waals surface area contributed by atoms with Crippen LogP contribution in [0.1, 0.15) is 21.7 Å².